The van der Waals surface area contributed by atoms with E-state index in [4.69, 9.17) is 9.52 Å². The Labute approximate surface area is 185 Å². The molecule has 1 atom stereocenters. The second-order valence-electron chi connectivity index (χ2n) is 7.08. The van der Waals surface area contributed by atoms with Crippen molar-refractivity contribution in [1.82, 2.24) is 15.8 Å². The van der Waals surface area contributed by atoms with Gasteiger partial charge in [0.2, 0.25) is 0 Å². The molecule has 1 fully saturated rings. The van der Waals surface area contributed by atoms with Crippen LogP contribution in [0.5, 0.6) is 0 Å². The van der Waals surface area contributed by atoms with E-state index in [1.807, 2.05) is 13.8 Å². The normalized spacial score (nSPS) is 17.2. The van der Waals surface area contributed by atoms with Crippen LogP contribution in [0.15, 0.2) is 39.8 Å². The smallest absolute Gasteiger partial charge is 0.191 e. The Hall–Kier alpha value is -1.77. The molecule has 1 saturated heterocycles. The zero-order valence-electron chi connectivity index (χ0n) is 17.1. The molecule has 0 saturated carbocycles. The number of nitrogens with one attached hydrogen (secondary N) is 2. The van der Waals surface area contributed by atoms with E-state index in [0.717, 1.165) is 49.9 Å². The van der Waals surface area contributed by atoms with Crippen LogP contribution in [0.2, 0.25) is 0 Å². The van der Waals surface area contributed by atoms with Crippen molar-refractivity contribution in [2.45, 2.75) is 46.1 Å². The van der Waals surface area contributed by atoms with Crippen LogP contribution in [-0.4, -0.2) is 43.3 Å². The van der Waals surface area contributed by atoms with Gasteiger partial charge >= 0.3 is 0 Å². The highest BCUT2D eigenvalue weighted by atomic mass is 127. The van der Waals surface area contributed by atoms with E-state index in [1.165, 1.54) is 17.7 Å². The molecule has 1 aliphatic rings. The number of piperidine rings is 1. The van der Waals surface area contributed by atoms with Gasteiger partial charge in [0.25, 0.3) is 0 Å². The second kappa shape index (κ2) is 11.3. The van der Waals surface area contributed by atoms with Gasteiger partial charge in [-0.3, -0.25) is 4.99 Å². The van der Waals surface area contributed by atoms with Crippen LogP contribution in [0, 0.1) is 13.8 Å². The zero-order valence-corrected chi connectivity index (χ0v) is 19.4. The van der Waals surface area contributed by atoms with Crippen LogP contribution >= 0.6 is 24.0 Å². The summed E-state index contributed by atoms with van der Waals surface area (Å²) >= 11 is 0. The minimum atomic E-state index is 0. The first kappa shape index (κ1) is 22.5. The van der Waals surface area contributed by atoms with Crippen molar-refractivity contribution in [3.63, 3.8) is 0 Å². The zero-order chi connectivity index (χ0) is 19.1. The van der Waals surface area contributed by atoms with E-state index in [-0.39, 0.29) is 24.0 Å². The fourth-order valence-corrected chi connectivity index (χ4v) is 3.62. The van der Waals surface area contributed by atoms with Crippen molar-refractivity contribution in [2.75, 3.05) is 31.1 Å². The lowest BCUT2D eigenvalue weighted by molar-refractivity contribution is 0.392. The number of halogens is 1. The van der Waals surface area contributed by atoms with Crippen LogP contribution in [0.4, 0.5) is 5.69 Å². The van der Waals surface area contributed by atoms with E-state index >= 15 is 0 Å². The maximum Gasteiger partial charge on any atom is 0.191 e. The first-order valence-electron chi connectivity index (χ1n) is 9.94. The number of aryl methyl sites for hydroxylation is 2. The van der Waals surface area contributed by atoms with Crippen molar-refractivity contribution < 1.29 is 4.52 Å². The molecule has 1 unspecified atom stereocenters. The molecule has 2 N–H and O–H groups in total. The lowest BCUT2D eigenvalue weighted by Crippen LogP contribution is -2.51. The molecule has 2 heterocycles. The fraction of sp³-hybridized carbons (Fsp3) is 0.524. The average molecular weight is 497 g/mol. The van der Waals surface area contributed by atoms with Gasteiger partial charge < -0.3 is 20.1 Å². The summed E-state index contributed by atoms with van der Waals surface area (Å²) in [5.74, 6) is 1.79. The van der Waals surface area contributed by atoms with E-state index in [1.54, 1.807) is 0 Å². The van der Waals surface area contributed by atoms with E-state index < -0.39 is 0 Å². The standard InChI is InChI=1S/C21H31N5O.HI/c1-4-22-21(23-13-12-20-16(2)25-27-17(20)3)24-18-9-8-14-26(15-18)19-10-6-5-7-11-19;/h5-7,10-11,18H,4,8-9,12-15H2,1-3H3,(H2,22,23,24);1H. The summed E-state index contributed by atoms with van der Waals surface area (Å²) in [6, 6.07) is 11.0. The van der Waals surface area contributed by atoms with Crippen molar-refractivity contribution >= 4 is 35.6 Å². The number of aliphatic imine (C=N–C) groups is 1. The van der Waals surface area contributed by atoms with E-state index in [2.05, 4.69) is 57.9 Å². The van der Waals surface area contributed by atoms with Gasteiger partial charge in [0, 0.05) is 43.5 Å². The van der Waals surface area contributed by atoms with Gasteiger partial charge in [-0.25, -0.2) is 0 Å². The molecular formula is C21H32IN5O. The summed E-state index contributed by atoms with van der Waals surface area (Å²) < 4.78 is 5.24. The number of nitrogens with zero attached hydrogens (tertiary/aromatic N) is 3. The summed E-state index contributed by atoms with van der Waals surface area (Å²) in [5, 5.41) is 11.0. The number of guanidine groups is 1. The number of anilines is 1. The predicted molar refractivity (Wildman–Crippen MR) is 126 cm³/mol. The van der Waals surface area contributed by atoms with Crippen molar-refractivity contribution in [3.8, 4) is 0 Å². The summed E-state index contributed by atoms with van der Waals surface area (Å²) in [5.41, 5.74) is 3.43. The number of para-hydroxylation sites is 1. The molecule has 6 nitrogen and oxygen atoms in total. The maximum absolute atomic E-state index is 5.24. The average Bonchev–Trinajstić information content (AvgIpc) is 3.01. The molecule has 1 aliphatic heterocycles. The molecule has 0 bridgehead atoms. The Kier molecular flexibility index (Phi) is 9.08. The Bertz CT molecular complexity index is 727. The van der Waals surface area contributed by atoms with Crippen LogP contribution in [0.1, 0.15) is 36.8 Å². The van der Waals surface area contributed by atoms with Gasteiger partial charge in [-0.15, -0.1) is 24.0 Å². The largest absolute Gasteiger partial charge is 0.369 e. The van der Waals surface area contributed by atoms with Gasteiger partial charge in [0.05, 0.1) is 5.69 Å². The van der Waals surface area contributed by atoms with Gasteiger partial charge in [-0.2, -0.15) is 0 Å². The maximum atomic E-state index is 5.24. The number of hydrogen-bond donors (Lipinski definition) is 2. The predicted octanol–water partition coefficient (Wildman–Crippen LogP) is 3.68. The topological polar surface area (TPSA) is 65.7 Å². The number of aromatic nitrogens is 1. The van der Waals surface area contributed by atoms with Gasteiger partial charge in [0.1, 0.15) is 5.76 Å². The van der Waals surface area contributed by atoms with E-state index in [0.29, 0.717) is 12.6 Å². The first-order valence-corrected chi connectivity index (χ1v) is 9.94. The molecule has 0 aliphatic carbocycles. The molecule has 28 heavy (non-hydrogen) atoms. The van der Waals surface area contributed by atoms with E-state index in [9.17, 15) is 0 Å². The highest BCUT2D eigenvalue weighted by Crippen LogP contribution is 2.19. The van der Waals surface area contributed by atoms with Crippen LogP contribution in [0.3, 0.4) is 0 Å². The Morgan fingerprint density at radius 3 is 2.75 bits per heavy atom. The third-order valence-electron chi connectivity index (χ3n) is 5.04. The molecular weight excluding hydrogens is 465 g/mol. The molecule has 3 rings (SSSR count). The van der Waals surface area contributed by atoms with Crippen molar-refractivity contribution in [1.29, 1.82) is 0 Å². The minimum Gasteiger partial charge on any atom is -0.369 e. The van der Waals surface area contributed by atoms with Gasteiger partial charge in [-0.05, 0) is 52.2 Å². The van der Waals surface area contributed by atoms with Gasteiger partial charge in [-0.1, -0.05) is 23.4 Å². The quantitative estimate of drug-likeness (QED) is 0.362. The summed E-state index contributed by atoms with van der Waals surface area (Å²) in [6.07, 6.45) is 3.20. The Morgan fingerprint density at radius 1 is 1.29 bits per heavy atom. The lowest BCUT2D eigenvalue weighted by Gasteiger charge is -2.35. The Morgan fingerprint density at radius 2 is 2.07 bits per heavy atom. The fourth-order valence-electron chi connectivity index (χ4n) is 3.62. The van der Waals surface area contributed by atoms with Crippen molar-refractivity contribution in [2.24, 2.45) is 4.99 Å². The molecule has 1 aromatic carbocycles. The molecule has 154 valence electrons. The molecule has 0 radical (unpaired) electrons. The summed E-state index contributed by atoms with van der Waals surface area (Å²) in [6.45, 7) is 9.73. The molecule has 0 spiro atoms. The lowest BCUT2D eigenvalue weighted by atomic mass is 10.1. The number of hydrogen-bond acceptors (Lipinski definition) is 4. The summed E-state index contributed by atoms with van der Waals surface area (Å²) in [7, 11) is 0. The third-order valence-corrected chi connectivity index (χ3v) is 5.04. The van der Waals surface area contributed by atoms with Crippen LogP contribution < -0.4 is 15.5 Å². The highest BCUT2D eigenvalue weighted by molar-refractivity contribution is 14.0. The third kappa shape index (κ3) is 6.12. The highest BCUT2D eigenvalue weighted by Gasteiger charge is 2.21. The molecule has 1 aromatic heterocycles. The van der Waals surface area contributed by atoms with Crippen LogP contribution in [0.25, 0.3) is 0 Å². The first-order chi connectivity index (χ1) is 13.2. The number of benzene rings is 1. The monoisotopic (exact) mass is 497 g/mol. The van der Waals surface area contributed by atoms with Crippen molar-refractivity contribution in [3.05, 3.63) is 47.3 Å². The minimum absolute atomic E-state index is 0. The molecule has 7 heteroatoms. The Balaban J connectivity index is 0.00000280. The SMILES string of the molecule is CCNC(=NCCc1c(C)noc1C)NC1CCCN(c2ccccc2)C1.I. The molecule has 0 amide bonds. The van der Waals surface area contributed by atoms with Crippen LogP contribution in [-0.2, 0) is 6.42 Å². The summed E-state index contributed by atoms with van der Waals surface area (Å²) in [4.78, 5) is 7.22. The van der Waals surface area contributed by atoms with Gasteiger partial charge in [0.15, 0.2) is 5.96 Å². The molecule has 2 aromatic rings. The second-order valence-corrected chi connectivity index (χ2v) is 7.08. The number of rotatable bonds is 6.